The van der Waals surface area contributed by atoms with Crippen LogP contribution in [0.3, 0.4) is 0 Å². The summed E-state index contributed by atoms with van der Waals surface area (Å²) in [7, 11) is 0. The molecular formula is C25H25N7O. The molecule has 0 bridgehead atoms. The molecule has 0 aliphatic rings. The molecule has 6 N–H and O–H groups in total. The van der Waals surface area contributed by atoms with E-state index in [2.05, 4.69) is 45.3 Å². The third kappa shape index (κ3) is 4.16. The second-order valence-electron chi connectivity index (χ2n) is 8.08. The van der Waals surface area contributed by atoms with Gasteiger partial charge in [-0.1, -0.05) is 24.3 Å². The molecule has 8 heteroatoms. The summed E-state index contributed by atoms with van der Waals surface area (Å²) in [5.41, 5.74) is 18.3. The van der Waals surface area contributed by atoms with Gasteiger partial charge in [-0.05, 0) is 60.7 Å². The number of aryl methyl sites for hydroxylation is 1. The number of nitrogen functional groups attached to an aromatic ring is 1. The average Bonchev–Trinajstić information content (AvgIpc) is 3.48. The van der Waals surface area contributed by atoms with Crippen molar-refractivity contribution in [2.45, 2.75) is 19.3 Å². The number of H-pyrrole nitrogens is 2. The van der Waals surface area contributed by atoms with Crippen LogP contribution in [0.4, 0.5) is 5.69 Å². The highest BCUT2D eigenvalue weighted by molar-refractivity contribution is 5.86. The smallest absolute Gasteiger partial charge is 0.261 e. The Morgan fingerprint density at radius 1 is 1.09 bits per heavy atom. The number of rotatable bonds is 7. The molecule has 3 heterocycles. The van der Waals surface area contributed by atoms with E-state index in [-0.39, 0.29) is 5.56 Å². The molecule has 0 aliphatic carbocycles. The second-order valence-corrected chi connectivity index (χ2v) is 8.08. The van der Waals surface area contributed by atoms with Crippen LogP contribution in [-0.2, 0) is 12.8 Å². The molecule has 3 aromatic heterocycles. The molecule has 5 aromatic rings. The van der Waals surface area contributed by atoms with E-state index in [1.807, 2.05) is 16.8 Å². The fourth-order valence-corrected chi connectivity index (χ4v) is 4.15. The van der Waals surface area contributed by atoms with Gasteiger partial charge in [0.1, 0.15) is 11.4 Å². The van der Waals surface area contributed by atoms with E-state index in [9.17, 15) is 4.79 Å². The van der Waals surface area contributed by atoms with Crippen LogP contribution in [0.5, 0.6) is 0 Å². The minimum absolute atomic E-state index is 0.280. The predicted molar refractivity (Wildman–Crippen MR) is 130 cm³/mol. The molecule has 0 spiro atoms. The van der Waals surface area contributed by atoms with Crippen LogP contribution in [0, 0.1) is 0 Å². The molecule has 2 aromatic carbocycles. The summed E-state index contributed by atoms with van der Waals surface area (Å²) in [6.07, 6.45) is 9.54. The molecule has 0 fully saturated rings. The van der Waals surface area contributed by atoms with E-state index in [0.29, 0.717) is 30.0 Å². The van der Waals surface area contributed by atoms with Crippen molar-refractivity contribution in [3.05, 3.63) is 94.4 Å². The van der Waals surface area contributed by atoms with Gasteiger partial charge in [-0.2, -0.15) is 0 Å². The average molecular weight is 440 g/mol. The molecule has 0 saturated heterocycles. The first-order valence-corrected chi connectivity index (χ1v) is 10.9. The molecule has 166 valence electrons. The first-order chi connectivity index (χ1) is 16.1. The lowest BCUT2D eigenvalue weighted by Gasteiger charge is -2.09. The van der Waals surface area contributed by atoms with E-state index >= 15 is 0 Å². The predicted octanol–water partition coefficient (Wildman–Crippen LogP) is 3.17. The van der Waals surface area contributed by atoms with Gasteiger partial charge in [-0.15, -0.1) is 0 Å². The van der Waals surface area contributed by atoms with Gasteiger partial charge in [-0.25, -0.2) is 9.97 Å². The zero-order chi connectivity index (χ0) is 22.8. The van der Waals surface area contributed by atoms with Crippen LogP contribution >= 0.6 is 0 Å². The van der Waals surface area contributed by atoms with Crippen LogP contribution in [0.25, 0.3) is 28.1 Å². The van der Waals surface area contributed by atoms with E-state index in [1.54, 1.807) is 18.6 Å². The maximum absolute atomic E-state index is 12.5. The number of hydrogen-bond acceptors (Lipinski definition) is 5. The van der Waals surface area contributed by atoms with Crippen molar-refractivity contribution < 1.29 is 0 Å². The van der Waals surface area contributed by atoms with Crippen LogP contribution in [0.2, 0.25) is 0 Å². The number of hydrogen-bond donors (Lipinski definition) is 4. The summed E-state index contributed by atoms with van der Waals surface area (Å²) in [6, 6.07) is 14.3. The van der Waals surface area contributed by atoms with Crippen molar-refractivity contribution in [2.24, 2.45) is 5.73 Å². The summed E-state index contributed by atoms with van der Waals surface area (Å²) in [5.74, 6) is 0.449. The number of fused-ring (bicyclic) bond motifs is 1. The fraction of sp³-hybridized carbons (Fsp3) is 0.160. The number of nitrogens with zero attached hydrogens (tertiary/aromatic N) is 3. The third-order valence-corrected chi connectivity index (χ3v) is 5.74. The van der Waals surface area contributed by atoms with Gasteiger partial charge in [0, 0.05) is 30.0 Å². The minimum atomic E-state index is -0.280. The topological polar surface area (TPSA) is 131 Å². The van der Waals surface area contributed by atoms with Crippen LogP contribution in [-0.4, -0.2) is 31.0 Å². The largest absolute Gasteiger partial charge is 0.398 e. The molecule has 0 saturated carbocycles. The lowest BCUT2D eigenvalue weighted by molar-refractivity contribution is 0.831. The second kappa shape index (κ2) is 8.76. The zero-order valence-corrected chi connectivity index (χ0v) is 18.1. The SMILES string of the molecule is NCCCc1cccc(Cc2cc(-n3ccnc3)cc3[nH]c(-c4c(N)cc[nH]c4=O)nc23)c1. The maximum atomic E-state index is 12.5. The fourth-order valence-electron chi connectivity index (χ4n) is 4.15. The Labute approximate surface area is 190 Å². The Morgan fingerprint density at radius 3 is 2.76 bits per heavy atom. The molecule has 0 atom stereocenters. The lowest BCUT2D eigenvalue weighted by atomic mass is 9.99. The molecule has 0 aliphatic heterocycles. The molecule has 0 amide bonds. The quantitative estimate of drug-likeness (QED) is 0.309. The number of aromatic nitrogens is 5. The number of nitrogens with one attached hydrogen (secondary N) is 2. The summed E-state index contributed by atoms with van der Waals surface area (Å²) < 4.78 is 1.95. The van der Waals surface area contributed by atoms with Gasteiger partial charge in [-0.3, -0.25) is 4.79 Å². The van der Waals surface area contributed by atoms with Gasteiger partial charge < -0.3 is 26.0 Å². The summed E-state index contributed by atoms with van der Waals surface area (Å²) in [5, 5.41) is 0. The third-order valence-electron chi connectivity index (χ3n) is 5.74. The van der Waals surface area contributed by atoms with Crippen molar-refractivity contribution in [1.29, 1.82) is 0 Å². The van der Waals surface area contributed by atoms with Crippen LogP contribution in [0.15, 0.2) is 72.2 Å². The van der Waals surface area contributed by atoms with Crippen LogP contribution < -0.4 is 17.0 Å². The Balaban J connectivity index is 1.63. The van der Waals surface area contributed by atoms with Crippen molar-refractivity contribution in [3.63, 3.8) is 0 Å². The summed E-state index contributed by atoms with van der Waals surface area (Å²) in [6.45, 7) is 0.676. The molecule has 8 nitrogen and oxygen atoms in total. The van der Waals surface area contributed by atoms with Gasteiger partial charge in [0.15, 0.2) is 0 Å². The molecule has 33 heavy (non-hydrogen) atoms. The minimum Gasteiger partial charge on any atom is -0.398 e. The normalized spacial score (nSPS) is 11.3. The molecule has 0 unspecified atom stereocenters. The highest BCUT2D eigenvalue weighted by Crippen LogP contribution is 2.28. The monoisotopic (exact) mass is 439 g/mol. The van der Waals surface area contributed by atoms with Gasteiger partial charge in [0.25, 0.3) is 5.56 Å². The first-order valence-electron chi connectivity index (χ1n) is 10.9. The summed E-state index contributed by atoms with van der Waals surface area (Å²) >= 11 is 0. The Morgan fingerprint density at radius 2 is 1.97 bits per heavy atom. The van der Waals surface area contributed by atoms with E-state index < -0.39 is 0 Å². The molecule has 5 rings (SSSR count). The van der Waals surface area contributed by atoms with E-state index in [0.717, 1.165) is 35.1 Å². The maximum Gasteiger partial charge on any atom is 0.261 e. The highest BCUT2D eigenvalue weighted by atomic mass is 16.1. The van der Waals surface area contributed by atoms with Gasteiger partial charge >= 0.3 is 0 Å². The Kier molecular flexibility index (Phi) is 5.50. The summed E-state index contributed by atoms with van der Waals surface area (Å²) in [4.78, 5) is 27.4. The number of nitrogens with two attached hydrogens (primary N) is 2. The lowest BCUT2D eigenvalue weighted by Crippen LogP contribution is -2.11. The van der Waals surface area contributed by atoms with Gasteiger partial charge in [0.05, 0.1) is 17.4 Å². The molecule has 0 radical (unpaired) electrons. The van der Waals surface area contributed by atoms with E-state index in [1.165, 1.54) is 17.3 Å². The van der Waals surface area contributed by atoms with E-state index in [4.69, 9.17) is 16.5 Å². The van der Waals surface area contributed by atoms with Gasteiger partial charge in [0.2, 0.25) is 0 Å². The van der Waals surface area contributed by atoms with Crippen molar-refractivity contribution >= 4 is 16.7 Å². The van der Waals surface area contributed by atoms with Crippen LogP contribution in [0.1, 0.15) is 23.1 Å². The molecular weight excluding hydrogens is 414 g/mol. The zero-order valence-electron chi connectivity index (χ0n) is 18.1. The number of anilines is 1. The number of aromatic amines is 2. The standard InChI is InChI=1S/C25H25N7O/c26-7-2-5-16-3-1-4-17(11-16)12-18-13-19(32-10-9-28-15-32)14-21-23(18)31-24(30-21)22-20(27)6-8-29-25(22)33/h1,3-4,6,8-11,13-15H,2,5,7,12,26H2,(H,30,31)(H3,27,29,33). The van der Waals surface area contributed by atoms with Crippen molar-refractivity contribution in [2.75, 3.05) is 12.3 Å². The van der Waals surface area contributed by atoms with Crippen molar-refractivity contribution in [1.82, 2.24) is 24.5 Å². The van der Waals surface area contributed by atoms with Crippen molar-refractivity contribution in [3.8, 4) is 17.1 Å². The number of imidazole rings is 2. The Bertz CT molecular complexity index is 1460. The Hall–Kier alpha value is -4.17. The number of pyridine rings is 1. The highest BCUT2D eigenvalue weighted by Gasteiger charge is 2.16. The first kappa shape index (κ1) is 20.7. The number of benzene rings is 2.